The van der Waals surface area contributed by atoms with Crippen molar-refractivity contribution in [2.45, 2.75) is 77.9 Å². The molecule has 1 unspecified atom stereocenters. The fourth-order valence-corrected chi connectivity index (χ4v) is 6.86. The Morgan fingerprint density at radius 3 is 2.55 bits per heavy atom. The number of likely N-dealkylation sites (tertiary alicyclic amines) is 1. The van der Waals surface area contributed by atoms with Crippen LogP contribution in [0.25, 0.3) is 0 Å². The van der Waals surface area contributed by atoms with Crippen molar-refractivity contribution >= 4 is 5.97 Å². The van der Waals surface area contributed by atoms with Crippen LogP contribution in [-0.2, 0) is 16.0 Å². The second kappa shape index (κ2) is 10.3. The number of fused-ring (bicyclic) bond motifs is 1. The van der Waals surface area contributed by atoms with Crippen LogP contribution in [0, 0.1) is 29.6 Å². The molecule has 1 aliphatic heterocycles. The third-order valence-electron chi connectivity index (χ3n) is 8.95. The number of esters is 1. The van der Waals surface area contributed by atoms with Crippen LogP contribution in [-0.4, -0.2) is 47.3 Å². The standard InChI is InChI=1S/C29H43NO3/c1-20-16-27-26(11-10-22(3)29(27,32)18-28(20)33-23(4)31)21(2)19-30-14-12-25(13-15-30)17-24-8-6-5-7-9-24/h5-9,16,21-22,25-28,32H,10-15,17-19H2,1-4H3/t21?,22-,26+,27-,28-,29-/m1/s1. The van der Waals surface area contributed by atoms with E-state index in [0.717, 1.165) is 24.5 Å². The molecule has 0 radical (unpaired) electrons. The number of hydrogen-bond donors (Lipinski definition) is 1. The molecule has 4 nitrogen and oxygen atoms in total. The van der Waals surface area contributed by atoms with Gasteiger partial charge in [0.05, 0.1) is 5.60 Å². The Kier molecular flexibility index (Phi) is 7.65. The van der Waals surface area contributed by atoms with E-state index in [1.54, 1.807) is 0 Å². The van der Waals surface area contributed by atoms with Gasteiger partial charge < -0.3 is 14.7 Å². The Morgan fingerprint density at radius 2 is 1.88 bits per heavy atom. The van der Waals surface area contributed by atoms with E-state index in [-0.39, 0.29) is 23.9 Å². The molecule has 1 aromatic carbocycles. The van der Waals surface area contributed by atoms with Crippen molar-refractivity contribution in [2.75, 3.05) is 19.6 Å². The molecule has 182 valence electrons. The molecule has 0 bridgehead atoms. The first-order valence-electron chi connectivity index (χ1n) is 13.1. The average molecular weight is 454 g/mol. The monoisotopic (exact) mass is 453 g/mol. The lowest BCUT2D eigenvalue weighted by molar-refractivity contribution is -0.159. The second-order valence-corrected chi connectivity index (χ2v) is 11.3. The predicted octanol–water partition coefficient (Wildman–Crippen LogP) is 5.25. The predicted molar refractivity (Wildman–Crippen MR) is 133 cm³/mol. The maximum absolute atomic E-state index is 11.8. The number of rotatable bonds is 6. The van der Waals surface area contributed by atoms with Crippen LogP contribution in [0.15, 0.2) is 42.0 Å². The van der Waals surface area contributed by atoms with E-state index < -0.39 is 5.60 Å². The summed E-state index contributed by atoms with van der Waals surface area (Å²) in [5.74, 6) is 1.91. The van der Waals surface area contributed by atoms with Gasteiger partial charge in [0.25, 0.3) is 0 Å². The van der Waals surface area contributed by atoms with Crippen LogP contribution >= 0.6 is 0 Å². The Balaban J connectivity index is 1.37. The van der Waals surface area contributed by atoms with Crippen molar-refractivity contribution in [1.82, 2.24) is 4.90 Å². The largest absolute Gasteiger partial charge is 0.458 e. The first kappa shape index (κ1) is 24.5. The minimum atomic E-state index is -0.778. The normalized spacial score (nSPS) is 34.3. The number of carbonyl (C=O) groups excluding carboxylic acids is 1. The molecule has 0 spiro atoms. The van der Waals surface area contributed by atoms with Crippen LogP contribution in [0.1, 0.15) is 65.4 Å². The topological polar surface area (TPSA) is 49.8 Å². The molecular formula is C29H43NO3. The fourth-order valence-electron chi connectivity index (χ4n) is 6.86. The summed E-state index contributed by atoms with van der Waals surface area (Å²) in [5, 5.41) is 11.8. The number of nitrogens with zero attached hydrogens (tertiary/aromatic N) is 1. The van der Waals surface area contributed by atoms with Gasteiger partial charge in [-0.15, -0.1) is 0 Å². The first-order valence-corrected chi connectivity index (χ1v) is 13.1. The Labute approximate surface area is 200 Å². The van der Waals surface area contributed by atoms with E-state index in [1.165, 1.54) is 51.3 Å². The number of hydrogen-bond acceptors (Lipinski definition) is 4. The summed E-state index contributed by atoms with van der Waals surface area (Å²) in [6, 6.07) is 10.9. The van der Waals surface area contributed by atoms with Gasteiger partial charge in [-0.2, -0.15) is 0 Å². The van der Waals surface area contributed by atoms with Crippen molar-refractivity contribution in [3.05, 3.63) is 47.5 Å². The molecule has 0 aromatic heterocycles. The van der Waals surface area contributed by atoms with Gasteiger partial charge in [0, 0.05) is 25.8 Å². The summed E-state index contributed by atoms with van der Waals surface area (Å²) in [5.41, 5.74) is 1.79. The van der Waals surface area contributed by atoms with Gasteiger partial charge in [0.15, 0.2) is 0 Å². The third kappa shape index (κ3) is 5.54. The van der Waals surface area contributed by atoms with Crippen LogP contribution in [0.2, 0.25) is 0 Å². The first-order chi connectivity index (χ1) is 15.8. The summed E-state index contributed by atoms with van der Waals surface area (Å²) in [7, 11) is 0. The molecular weight excluding hydrogens is 410 g/mol. The quantitative estimate of drug-likeness (QED) is 0.472. The van der Waals surface area contributed by atoms with Crippen LogP contribution in [0.4, 0.5) is 0 Å². The molecule has 4 rings (SSSR count). The van der Waals surface area contributed by atoms with Crippen molar-refractivity contribution in [3.63, 3.8) is 0 Å². The molecule has 1 saturated heterocycles. The molecule has 1 N–H and O–H groups in total. The molecule has 1 saturated carbocycles. The van der Waals surface area contributed by atoms with Gasteiger partial charge in [-0.1, -0.05) is 50.3 Å². The van der Waals surface area contributed by atoms with E-state index in [2.05, 4.69) is 62.1 Å². The third-order valence-corrected chi connectivity index (χ3v) is 8.95. The number of aliphatic hydroxyl groups is 1. The van der Waals surface area contributed by atoms with E-state index in [0.29, 0.717) is 18.3 Å². The number of carbonyl (C=O) groups is 1. The highest BCUT2D eigenvalue weighted by Gasteiger charge is 2.52. The van der Waals surface area contributed by atoms with Gasteiger partial charge in [-0.3, -0.25) is 4.79 Å². The molecule has 4 heteroatoms. The highest BCUT2D eigenvalue weighted by molar-refractivity contribution is 5.66. The van der Waals surface area contributed by atoms with Crippen molar-refractivity contribution in [2.24, 2.45) is 29.6 Å². The highest BCUT2D eigenvalue weighted by atomic mass is 16.5. The van der Waals surface area contributed by atoms with Gasteiger partial charge in [0.2, 0.25) is 0 Å². The summed E-state index contributed by atoms with van der Waals surface area (Å²) >= 11 is 0. The summed E-state index contributed by atoms with van der Waals surface area (Å²) in [4.78, 5) is 14.2. The Bertz CT molecular complexity index is 829. The molecule has 1 heterocycles. The lowest BCUT2D eigenvalue weighted by atomic mass is 9.57. The smallest absolute Gasteiger partial charge is 0.303 e. The van der Waals surface area contributed by atoms with Crippen LogP contribution in [0.3, 0.4) is 0 Å². The molecule has 33 heavy (non-hydrogen) atoms. The lowest BCUT2D eigenvalue weighted by Crippen LogP contribution is -2.56. The van der Waals surface area contributed by atoms with Gasteiger partial charge in [-0.05, 0) is 86.9 Å². The van der Waals surface area contributed by atoms with Gasteiger partial charge in [-0.25, -0.2) is 0 Å². The minimum absolute atomic E-state index is 0.152. The molecule has 2 aliphatic carbocycles. The molecule has 1 aromatic rings. The van der Waals surface area contributed by atoms with E-state index in [4.69, 9.17) is 4.74 Å². The number of benzene rings is 1. The summed E-state index contributed by atoms with van der Waals surface area (Å²) < 4.78 is 5.56. The Morgan fingerprint density at radius 1 is 1.18 bits per heavy atom. The second-order valence-electron chi connectivity index (χ2n) is 11.3. The lowest BCUT2D eigenvalue weighted by Gasteiger charge is -2.53. The average Bonchev–Trinajstić information content (AvgIpc) is 2.78. The van der Waals surface area contributed by atoms with E-state index >= 15 is 0 Å². The SMILES string of the molecule is CC(=O)O[C@@H]1C[C@@]2(O)[C@H](C)CC[C@@H](C(C)CN3CCC(Cc4ccccc4)CC3)[C@H]2C=C1C. The Hall–Kier alpha value is -1.65. The zero-order valence-electron chi connectivity index (χ0n) is 21.0. The van der Waals surface area contributed by atoms with Gasteiger partial charge >= 0.3 is 5.97 Å². The molecule has 0 amide bonds. The molecule has 2 fully saturated rings. The van der Waals surface area contributed by atoms with Crippen LogP contribution < -0.4 is 0 Å². The number of piperidine rings is 1. The maximum atomic E-state index is 11.8. The minimum Gasteiger partial charge on any atom is -0.458 e. The highest BCUT2D eigenvalue weighted by Crippen LogP contribution is 2.51. The molecule has 6 atom stereocenters. The number of ether oxygens (including phenoxy) is 1. The van der Waals surface area contributed by atoms with E-state index in [1.807, 2.05) is 0 Å². The van der Waals surface area contributed by atoms with Gasteiger partial charge in [0.1, 0.15) is 6.10 Å². The zero-order chi connectivity index (χ0) is 23.6. The van der Waals surface area contributed by atoms with Crippen LogP contribution in [0.5, 0.6) is 0 Å². The summed E-state index contributed by atoms with van der Waals surface area (Å²) in [6.07, 6.45) is 8.47. The van der Waals surface area contributed by atoms with Crippen molar-refractivity contribution < 1.29 is 14.6 Å². The maximum Gasteiger partial charge on any atom is 0.303 e. The van der Waals surface area contributed by atoms with Crippen molar-refractivity contribution in [1.29, 1.82) is 0 Å². The summed E-state index contributed by atoms with van der Waals surface area (Å²) in [6.45, 7) is 11.6. The fraction of sp³-hybridized carbons (Fsp3) is 0.690. The van der Waals surface area contributed by atoms with E-state index in [9.17, 15) is 9.90 Å². The van der Waals surface area contributed by atoms with Crippen molar-refractivity contribution in [3.8, 4) is 0 Å². The molecule has 3 aliphatic rings. The zero-order valence-corrected chi connectivity index (χ0v) is 21.0.